The van der Waals surface area contributed by atoms with Crippen molar-refractivity contribution in [3.05, 3.63) is 53.5 Å². The molecule has 3 aromatic rings. The second kappa shape index (κ2) is 6.31. The Morgan fingerprint density at radius 2 is 2.14 bits per heavy atom. The monoisotopic (exact) mass is 381 g/mol. The molecular weight excluding hydrogens is 362 g/mol. The van der Waals surface area contributed by atoms with Crippen molar-refractivity contribution in [2.45, 2.75) is 18.9 Å². The van der Waals surface area contributed by atoms with Crippen molar-refractivity contribution < 1.29 is 19.2 Å². The number of amides is 2. The molecule has 1 saturated heterocycles. The van der Waals surface area contributed by atoms with E-state index in [1.54, 1.807) is 30.9 Å². The number of nitrogens with zero attached hydrogens (tertiary/aromatic N) is 4. The minimum atomic E-state index is -1.69. The average molecular weight is 381 g/mol. The number of benzene rings is 1. The molecule has 1 fully saturated rings. The summed E-state index contributed by atoms with van der Waals surface area (Å²) in [5.74, 6) is -0.879. The van der Waals surface area contributed by atoms with Crippen molar-refractivity contribution in [1.29, 1.82) is 0 Å². The van der Waals surface area contributed by atoms with Gasteiger partial charge in [-0.05, 0) is 19.1 Å². The van der Waals surface area contributed by atoms with Crippen LogP contribution in [-0.4, -0.2) is 50.4 Å². The van der Waals surface area contributed by atoms with E-state index in [2.05, 4.69) is 10.3 Å². The minimum Gasteiger partial charge on any atom is -0.373 e. The van der Waals surface area contributed by atoms with Crippen LogP contribution in [0.1, 0.15) is 28.2 Å². The van der Waals surface area contributed by atoms with Crippen molar-refractivity contribution in [2.24, 2.45) is 5.73 Å². The molecule has 1 aliphatic heterocycles. The van der Waals surface area contributed by atoms with E-state index in [4.69, 9.17) is 10.3 Å². The van der Waals surface area contributed by atoms with Gasteiger partial charge in [-0.1, -0.05) is 17.3 Å². The molecule has 0 saturated carbocycles. The molecule has 9 heteroatoms. The molecule has 1 aromatic carbocycles. The van der Waals surface area contributed by atoms with Gasteiger partial charge in [0, 0.05) is 43.4 Å². The molecule has 9 nitrogen and oxygen atoms in total. The number of carbonyl (C=O) groups is 2. The number of likely N-dealkylation sites (N-methyl/N-ethyl adjacent to an activating group) is 1. The molecule has 1 atom stereocenters. The zero-order chi connectivity index (χ0) is 20.1. The number of primary amides is 1. The highest BCUT2D eigenvalue weighted by Crippen LogP contribution is 2.34. The van der Waals surface area contributed by atoms with E-state index in [1.165, 1.54) is 4.90 Å². The molecule has 3 heterocycles. The fraction of sp³-hybridized carbons (Fsp3) is 0.263. The molecule has 28 heavy (non-hydrogen) atoms. The third-order valence-electron chi connectivity index (χ3n) is 4.96. The molecule has 3 N–H and O–H groups in total. The first-order valence-corrected chi connectivity index (χ1v) is 8.71. The fourth-order valence-electron chi connectivity index (χ4n) is 3.33. The Morgan fingerprint density at radius 3 is 2.79 bits per heavy atom. The van der Waals surface area contributed by atoms with E-state index in [1.807, 2.05) is 24.3 Å². The summed E-state index contributed by atoms with van der Waals surface area (Å²) in [4.78, 5) is 25.1. The number of rotatable bonds is 4. The van der Waals surface area contributed by atoms with Crippen LogP contribution in [0.25, 0.3) is 16.9 Å². The number of likely N-dealkylation sites (tertiary alicyclic amines) is 1. The van der Waals surface area contributed by atoms with Gasteiger partial charge in [-0.2, -0.15) is 5.10 Å². The zero-order valence-corrected chi connectivity index (χ0v) is 15.4. The molecule has 144 valence electrons. The SMILES string of the molecule is Cc1cn(-c2cccc(-c3cc([C@]4(O)CCN(C)C4=O)on3)c2)nc1C(N)=O. The summed E-state index contributed by atoms with van der Waals surface area (Å²) >= 11 is 0. The number of hydrogen-bond acceptors (Lipinski definition) is 6. The second-order valence-electron chi connectivity index (χ2n) is 6.93. The predicted octanol–water partition coefficient (Wildman–Crippen LogP) is 0.984. The van der Waals surface area contributed by atoms with Crippen LogP contribution in [0.2, 0.25) is 0 Å². The molecule has 1 aliphatic rings. The molecule has 2 aromatic heterocycles. The summed E-state index contributed by atoms with van der Waals surface area (Å²) in [7, 11) is 1.63. The lowest BCUT2D eigenvalue weighted by atomic mass is 9.98. The predicted molar refractivity (Wildman–Crippen MR) is 98.5 cm³/mol. The molecule has 0 spiro atoms. The first-order chi connectivity index (χ1) is 13.3. The summed E-state index contributed by atoms with van der Waals surface area (Å²) in [6.07, 6.45) is 1.96. The van der Waals surface area contributed by atoms with Gasteiger partial charge in [0.25, 0.3) is 11.8 Å². The third-order valence-corrected chi connectivity index (χ3v) is 4.96. The second-order valence-corrected chi connectivity index (χ2v) is 6.93. The van der Waals surface area contributed by atoms with Crippen LogP contribution in [0.3, 0.4) is 0 Å². The minimum absolute atomic E-state index is 0.119. The van der Waals surface area contributed by atoms with Gasteiger partial charge in [0.15, 0.2) is 11.5 Å². The molecule has 2 amide bonds. The van der Waals surface area contributed by atoms with Gasteiger partial charge in [-0.3, -0.25) is 9.59 Å². The quantitative estimate of drug-likeness (QED) is 0.693. The highest BCUT2D eigenvalue weighted by Gasteiger charge is 2.48. The Labute approximate surface area is 160 Å². The van der Waals surface area contributed by atoms with Gasteiger partial charge < -0.3 is 20.3 Å². The number of aryl methyl sites for hydroxylation is 1. The van der Waals surface area contributed by atoms with E-state index in [-0.39, 0.29) is 17.9 Å². The van der Waals surface area contributed by atoms with E-state index in [0.29, 0.717) is 29.1 Å². The fourth-order valence-corrected chi connectivity index (χ4v) is 3.33. The smallest absolute Gasteiger partial charge is 0.269 e. The lowest BCUT2D eigenvalue weighted by molar-refractivity contribution is -0.144. The molecule has 0 unspecified atom stereocenters. The molecule has 0 radical (unpaired) electrons. The Hall–Kier alpha value is -3.46. The van der Waals surface area contributed by atoms with Crippen molar-refractivity contribution in [2.75, 3.05) is 13.6 Å². The Kier molecular flexibility index (Phi) is 4.04. The van der Waals surface area contributed by atoms with E-state index in [9.17, 15) is 14.7 Å². The highest BCUT2D eigenvalue weighted by molar-refractivity contribution is 5.92. The summed E-state index contributed by atoms with van der Waals surface area (Å²) in [5.41, 5.74) is 6.42. The Balaban J connectivity index is 1.68. The molecule has 0 bridgehead atoms. The maximum atomic E-state index is 12.2. The van der Waals surface area contributed by atoms with Gasteiger partial charge in [-0.25, -0.2) is 4.68 Å². The maximum absolute atomic E-state index is 12.2. The van der Waals surface area contributed by atoms with Crippen molar-refractivity contribution in [3.8, 4) is 16.9 Å². The Bertz CT molecular complexity index is 1090. The van der Waals surface area contributed by atoms with Gasteiger partial charge in [0.2, 0.25) is 5.60 Å². The van der Waals surface area contributed by atoms with E-state index in [0.717, 1.165) is 0 Å². The zero-order valence-electron chi connectivity index (χ0n) is 15.4. The summed E-state index contributed by atoms with van der Waals surface area (Å²) in [6, 6.07) is 8.84. The van der Waals surface area contributed by atoms with Gasteiger partial charge in [0.1, 0.15) is 5.69 Å². The highest BCUT2D eigenvalue weighted by atomic mass is 16.5. The number of hydrogen-bond donors (Lipinski definition) is 2. The van der Waals surface area contributed by atoms with Crippen LogP contribution in [0.15, 0.2) is 41.1 Å². The van der Waals surface area contributed by atoms with Gasteiger partial charge in [-0.15, -0.1) is 0 Å². The largest absolute Gasteiger partial charge is 0.373 e. The number of aromatic nitrogens is 3. The lowest BCUT2D eigenvalue weighted by Crippen LogP contribution is -2.35. The van der Waals surface area contributed by atoms with Crippen LogP contribution in [0, 0.1) is 6.92 Å². The molecular formula is C19H19N5O4. The maximum Gasteiger partial charge on any atom is 0.269 e. The molecule has 4 rings (SSSR count). The number of nitrogens with two attached hydrogens (primary N) is 1. The van der Waals surface area contributed by atoms with Crippen molar-refractivity contribution in [3.63, 3.8) is 0 Å². The summed E-state index contributed by atoms with van der Waals surface area (Å²) in [5, 5.41) is 18.9. The van der Waals surface area contributed by atoms with Crippen LogP contribution in [0.4, 0.5) is 0 Å². The van der Waals surface area contributed by atoms with Crippen LogP contribution in [-0.2, 0) is 10.4 Å². The third kappa shape index (κ3) is 2.76. The lowest BCUT2D eigenvalue weighted by Gasteiger charge is -2.16. The van der Waals surface area contributed by atoms with Crippen LogP contribution < -0.4 is 5.73 Å². The topological polar surface area (TPSA) is 127 Å². The van der Waals surface area contributed by atoms with Gasteiger partial charge >= 0.3 is 0 Å². The normalized spacial score (nSPS) is 19.4. The van der Waals surface area contributed by atoms with Gasteiger partial charge in [0.05, 0.1) is 5.69 Å². The van der Waals surface area contributed by atoms with Crippen molar-refractivity contribution >= 4 is 11.8 Å². The van der Waals surface area contributed by atoms with E-state index >= 15 is 0 Å². The molecule has 0 aliphatic carbocycles. The summed E-state index contributed by atoms with van der Waals surface area (Å²) in [6.45, 7) is 2.20. The average Bonchev–Trinajstić information content (AvgIpc) is 3.38. The Morgan fingerprint density at radius 1 is 1.36 bits per heavy atom. The summed E-state index contributed by atoms with van der Waals surface area (Å²) < 4.78 is 6.85. The standard InChI is InChI=1S/C19H19N5O4/c1-11-10-24(21-16(11)17(20)25)13-5-3-4-12(8-13)14-9-15(28-22-14)19(27)6-7-23(2)18(19)26/h3-5,8-10,27H,6-7H2,1-2H3,(H2,20,25)/t19-/m1/s1. The number of aliphatic hydroxyl groups is 1. The van der Waals surface area contributed by atoms with Crippen LogP contribution >= 0.6 is 0 Å². The number of carbonyl (C=O) groups excluding carboxylic acids is 2. The first-order valence-electron chi connectivity index (χ1n) is 8.71. The van der Waals surface area contributed by atoms with E-state index < -0.39 is 17.4 Å². The first kappa shape index (κ1) is 17.9. The van der Waals surface area contributed by atoms with Crippen molar-refractivity contribution in [1.82, 2.24) is 19.8 Å². The van der Waals surface area contributed by atoms with Crippen LogP contribution in [0.5, 0.6) is 0 Å².